The zero-order valence-electron chi connectivity index (χ0n) is 12.1. The molecule has 20 heavy (non-hydrogen) atoms. The molecule has 2 heterocycles. The predicted octanol–water partition coefficient (Wildman–Crippen LogP) is 2.82. The Labute approximate surface area is 120 Å². The first-order valence-electron chi connectivity index (χ1n) is 6.56. The van der Waals surface area contributed by atoms with Crippen molar-refractivity contribution in [3.05, 3.63) is 26.6 Å². The van der Waals surface area contributed by atoms with Gasteiger partial charge in [0.05, 0.1) is 5.39 Å². The summed E-state index contributed by atoms with van der Waals surface area (Å²) in [5, 5.41) is 9.59. The van der Waals surface area contributed by atoms with E-state index in [-0.39, 0.29) is 10.4 Å². The summed E-state index contributed by atoms with van der Waals surface area (Å²) in [6.45, 7) is 8.28. The van der Waals surface area contributed by atoms with E-state index in [0.29, 0.717) is 34.1 Å². The van der Waals surface area contributed by atoms with Crippen LogP contribution in [0.25, 0.3) is 10.2 Å². The monoisotopic (exact) mass is 294 g/mol. The number of nitrogens with zero attached hydrogens (tertiary/aromatic N) is 2. The van der Waals surface area contributed by atoms with Crippen LogP contribution in [0.4, 0.5) is 0 Å². The molecular formula is C14H18N2O3S. The Morgan fingerprint density at radius 2 is 2.05 bits per heavy atom. The largest absolute Gasteiger partial charge is 0.477 e. The third-order valence-corrected chi connectivity index (χ3v) is 4.54. The van der Waals surface area contributed by atoms with E-state index < -0.39 is 5.97 Å². The van der Waals surface area contributed by atoms with Gasteiger partial charge in [0.25, 0.3) is 5.56 Å². The molecule has 2 aromatic heterocycles. The number of carboxylic acid groups (broad SMARTS) is 1. The zero-order chi connectivity index (χ0) is 15.0. The van der Waals surface area contributed by atoms with Gasteiger partial charge >= 0.3 is 5.97 Å². The second-order valence-electron chi connectivity index (χ2n) is 5.34. The van der Waals surface area contributed by atoms with Crippen molar-refractivity contribution in [2.24, 2.45) is 5.92 Å². The normalized spacial score (nSPS) is 11.4. The molecule has 0 fully saturated rings. The molecule has 0 aliphatic rings. The Kier molecular flexibility index (Phi) is 3.94. The molecule has 0 aliphatic carbocycles. The van der Waals surface area contributed by atoms with Gasteiger partial charge in [0.15, 0.2) is 0 Å². The van der Waals surface area contributed by atoms with Crippen LogP contribution in [0.1, 0.15) is 41.3 Å². The lowest BCUT2D eigenvalue weighted by Gasteiger charge is -2.11. The Bertz CT molecular complexity index is 728. The van der Waals surface area contributed by atoms with Crippen molar-refractivity contribution in [3.8, 4) is 0 Å². The number of aromatic nitrogens is 2. The Morgan fingerprint density at radius 3 is 2.60 bits per heavy atom. The average Bonchev–Trinajstić information content (AvgIpc) is 2.65. The smallest absolute Gasteiger partial charge is 0.346 e. The molecule has 0 radical (unpaired) electrons. The van der Waals surface area contributed by atoms with Crippen molar-refractivity contribution in [1.82, 2.24) is 9.55 Å². The Morgan fingerprint density at radius 1 is 1.40 bits per heavy atom. The van der Waals surface area contributed by atoms with Gasteiger partial charge < -0.3 is 5.11 Å². The molecule has 0 aromatic carbocycles. The van der Waals surface area contributed by atoms with Crippen LogP contribution >= 0.6 is 11.3 Å². The van der Waals surface area contributed by atoms with Gasteiger partial charge in [-0.15, -0.1) is 11.3 Å². The van der Waals surface area contributed by atoms with Gasteiger partial charge in [-0.2, -0.15) is 0 Å². The highest BCUT2D eigenvalue weighted by atomic mass is 32.1. The average molecular weight is 294 g/mol. The highest BCUT2D eigenvalue weighted by Crippen LogP contribution is 2.27. The van der Waals surface area contributed by atoms with Crippen LogP contribution < -0.4 is 5.56 Å². The molecule has 1 N–H and O–H groups in total. The summed E-state index contributed by atoms with van der Waals surface area (Å²) in [4.78, 5) is 28.8. The van der Waals surface area contributed by atoms with Crippen LogP contribution in [0, 0.1) is 19.8 Å². The van der Waals surface area contributed by atoms with Crippen LogP contribution in [-0.4, -0.2) is 20.6 Å². The van der Waals surface area contributed by atoms with E-state index in [9.17, 15) is 9.59 Å². The number of fused-ring (bicyclic) bond motifs is 1. The molecule has 0 atom stereocenters. The topological polar surface area (TPSA) is 72.2 Å². The summed E-state index contributed by atoms with van der Waals surface area (Å²) >= 11 is 1.07. The number of thiophene rings is 1. The minimum Gasteiger partial charge on any atom is -0.477 e. The maximum absolute atomic E-state index is 12.6. The summed E-state index contributed by atoms with van der Waals surface area (Å²) in [7, 11) is 0. The van der Waals surface area contributed by atoms with Crippen LogP contribution in [0.5, 0.6) is 0 Å². The Balaban J connectivity index is 2.65. The summed E-state index contributed by atoms with van der Waals surface area (Å²) in [6.07, 6.45) is 0.892. The molecule has 0 amide bonds. The second-order valence-corrected chi connectivity index (χ2v) is 6.34. The van der Waals surface area contributed by atoms with Crippen molar-refractivity contribution in [3.63, 3.8) is 0 Å². The number of carboxylic acids is 1. The van der Waals surface area contributed by atoms with Crippen molar-refractivity contribution in [2.75, 3.05) is 0 Å². The first kappa shape index (κ1) is 14.7. The van der Waals surface area contributed by atoms with Crippen LogP contribution in [0.2, 0.25) is 0 Å². The fourth-order valence-corrected chi connectivity index (χ4v) is 3.23. The minimum absolute atomic E-state index is 0.130. The van der Waals surface area contributed by atoms with E-state index in [0.717, 1.165) is 17.8 Å². The second kappa shape index (κ2) is 5.36. The third kappa shape index (κ3) is 2.47. The molecule has 6 heteroatoms. The fraction of sp³-hybridized carbons (Fsp3) is 0.500. The summed E-state index contributed by atoms with van der Waals surface area (Å²) in [5.74, 6) is 0.132. The number of carbonyl (C=O) groups is 1. The van der Waals surface area contributed by atoms with Gasteiger partial charge in [0, 0.05) is 6.54 Å². The molecule has 0 bridgehead atoms. The van der Waals surface area contributed by atoms with Gasteiger partial charge in [0.1, 0.15) is 15.5 Å². The van der Waals surface area contributed by atoms with E-state index in [1.165, 1.54) is 0 Å². The van der Waals surface area contributed by atoms with E-state index in [4.69, 9.17) is 5.11 Å². The maximum Gasteiger partial charge on any atom is 0.346 e. The molecule has 0 aliphatic heterocycles. The van der Waals surface area contributed by atoms with Crippen LogP contribution in [0.15, 0.2) is 4.79 Å². The lowest BCUT2D eigenvalue weighted by atomic mass is 10.1. The number of aryl methyl sites for hydroxylation is 2. The van der Waals surface area contributed by atoms with E-state index >= 15 is 0 Å². The maximum atomic E-state index is 12.6. The quantitative estimate of drug-likeness (QED) is 0.941. The first-order chi connectivity index (χ1) is 9.32. The zero-order valence-corrected chi connectivity index (χ0v) is 12.9. The number of hydrogen-bond acceptors (Lipinski definition) is 4. The van der Waals surface area contributed by atoms with Gasteiger partial charge in [0.2, 0.25) is 0 Å². The van der Waals surface area contributed by atoms with Crippen molar-refractivity contribution in [2.45, 2.75) is 40.7 Å². The molecule has 108 valence electrons. The fourth-order valence-electron chi connectivity index (χ4n) is 2.17. The highest BCUT2D eigenvalue weighted by molar-refractivity contribution is 7.20. The molecule has 0 unspecified atom stereocenters. The number of aromatic carboxylic acids is 1. The Hall–Kier alpha value is -1.69. The van der Waals surface area contributed by atoms with E-state index in [1.807, 2.05) is 0 Å². The van der Waals surface area contributed by atoms with Gasteiger partial charge in [-0.1, -0.05) is 13.8 Å². The lowest BCUT2D eigenvalue weighted by molar-refractivity contribution is 0.0701. The molecule has 5 nitrogen and oxygen atoms in total. The predicted molar refractivity (Wildman–Crippen MR) is 79.8 cm³/mol. The highest BCUT2D eigenvalue weighted by Gasteiger charge is 2.19. The molecular weight excluding hydrogens is 276 g/mol. The van der Waals surface area contributed by atoms with Crippen molar-refractivity contribution in [1.29, 1.82) is 0 Å². The number of hydrogen-bond donors (Lipinski definition) is 1. The van der Waals surface area contributed by atoms with Crippen LogP contribution in [0.3, 0.4) is 0 Å². The molecule has 0 spiro atoms. The van der Waals surface area contributed by atoms with Crippen molar-refractivity contribution >= 4 is 27.5 Å². The lowest BCUT2D eigenvalue weighted by Crippen LogP contribution is -2.24. The number of rotatable bonds is 4. The molecule has 2 aromatic rings. The molecule has 2 rings (SSSR count). The SMILES string of the molecule is Cc1c(C(=O)O)sc2nc(C)n(CCC(C)C)c(=O)c12. The molecule has 0 saturated heterocycles. The van der Waals surface area contributed by atoms with Gasteiger partial charge in [-0.05, 0) is 31.7 Å². The summed E-state index contributed by atoms with van der Waals surface area (Å²) < 4.78 is 1.65. The van der Waals surface area contributed by atoms with Crippen molar-refractivity contribution < 1.29 is 9.90 Å². The summed E-state index contributed by atoms with van der Waals surface area (Å²) in [5.41, 5.74) is 0.391. The minimum atomic E-state index is -1.00. The van der Waals surface area contributed by atoms with E-state index in [1.54, 1.807) is 18.4 Å². The van der Waals surface area contributed by atoms with Gasteiger partial charge in [-0.25, -0.2) is 9.78 Å². The standard InChI is InChI=1S/C14H18N2O3S/c1-7(2)5-6-16-9(4)15-12-10(13(16)17)8(3)11(20-12)14(18)19/h7H,5-6H2,1-4H3,(H,18,19). The first-order valence-corrected chi connectivity index (χ1v) is 7.38. The third-order valence-electron chi connectivity index (χ3n) is 3.37. The molecule has 0 saturated carbocycles. The van der Waals surface area contributed by atoms with Crippen LogP contribution in [-0.2, 0) is 6.54 Å². The summed E-state index contributed by atoms with van der Waals surface area (Å²) in [6, 6.07) is 0. The van der Waals surface area contributed by atoms with E-state index in [2.05, 4.69) is 18.8 Å². The van der Waals surface area contributed by atoms with Gasteiger partial charge in [-0.3, -0.25) is 9.36 Å².